The Kier molecular flexibility index (Phi) is 3.20. The fourth-order valence-corrected chi connectivity index (χ4v) is 3.10. The number of amides is 2. The highest BCUT2D eigenvalue weighted by Crippen LogP contribution is 2.49. The molecule has 2 atom stereocenters. The first-order valence-electron chi connectivity index (χ1n) is 7.01. The summed E-state index contributed by atoms with van der Waals surface area (Å²) >= 11 is 0. The maximum absolute atomic E-state index is 12.4. The van der Waals surface area contributed by atoms with E-state index in [2.05, 4.69) is 0 Å². The lowest BCUT2D eigenvalue weighted by molar-refractivity contribution is -0.237. The molecule has 5 heteroatoms. The van der Waals surface area contributed by atoms with Crippen LogP contribution >= 0.6 is 0 Å². The normalized spacial score (nSPS) is 28.3. The van der Waals surface area contributed by atoms with Crippen molar-refractivity contribution in [1.82, 2.24) is 9.80 Å². The number of urea groups is 1. The second kappa shape index (κ2) is 4.83. The Hall–Kier alpha value is -2.37. The van der Waals surface area contributed by atoms with Gasteiger partial charge in [-0.3, -0.25) is 9.80 Å². The first-order valence-corrected chi connectivity index (χ1v) is 7.01. The number of hydrogen-bond donors (Lipinski definition) is 2. The van der Waals surface area contributed by atoms with Gasteiger partial charge in [-0.15, -0.1) is 0 Å². The average Bonchev–Trinajstić information content (AvgIpc) is 2.71. The summed E-state index contributed by atoms with van der Waals surface area (Å²) in [7, 11) is 2.96. The van der Waals surface area contributed by atoms with Gasteiger partial charge in [0, 0.05) is 25.2 Å². The average molecular weight is 298 g/mol. The van der Waals surface area contributed by atoms with Gasteiger partial charge in [0.15, 0.2) is 0 Å². The zero-order valence-corrected chi connectivity index (χ0v) is 12.5. The molecule has 2 N–H and O–H groups in total. The monoisotopic (exact) mass is 298 g/mol. The molecule has 0 saturated carbocycles. The first kappa shape index (κ1) is 14.6. The predicted octanol–water partition coefficient (Wildman–Crippen LogP) is 1.67. The van der Waals surface area contributed by atoms with Crippen LogP contribution < -0.4 is 0 Å². The van der Waals surface area contributed by atoms with Gasteiger partial charge in [0.05, 0.1) is 0 Å². The lowest BCUT2D eigenvalue weighted by Crippen LogP contribution is -2.56. The lowest BCUT2D eigenvalue weighted by atomic mass is 9.86. The largest absolute Gasteiger partial charge is 0.363 e. The Morgan fingerprint density at radius 2 is 1.05 bits per heavy atom. The van der Waals surface area contributed by atoms with E-state index in [1.807, 2.05) is 12.1 Å². The molecule has 22 heavy (non-hydrogen) atoms. The Balaban J connectivity index is 2.28. The van der Waals surface area contributed by atoms with Crippen LogP contribution in [0.25, 0.3) is 0 Å². The standard InChI is InChI=1S/C17H18N2O3/c1-18-15(20)19(2)17(22,14-11-7-4-8-12-14)16(18,21)13-9-5-3-6-10-13/h3-12,21-22H,1-2H3/t16-,17-/m0/s1. The lowest BCUT2D eigenvalue weighted by Gasteiger charge is -2.42. The van der Waals surface area contributed by atoms with E-state index in [9.17, 15) is 15.0 Å². The summed E-state index contributed by atoms with van der Waals surface area (Å²) in [6.07, 6.45) is 0. The summed E-state index contributed by atoms with van der Waals surface area (Å²) in [6, 6.07) is 17.0. The van der Waals surface area contributed by atoms with Crippen molar-refractivity contribution in [1.29, 1.82) is 0 Å². The topological polar surface area (TPSA) is 64.0 Å². The number of hydrogen-bond acceptors (Lipinski definition) is 3. The van der Waals surface area contributed by atoms with Gasteiger partial charge >= 0.3 is 6.03 Å². The number of aliphatic hydroxyl groups is 2. The molecule has 0 spiro atoms. The van der Waals surface area contributed by atoms with Crippen LogP contribution in [0.1, 0.15) is 11.1 Å². The molecule has 0 aliphatic carbocycles. The van der Waals surface area contributed by atoms with Gasteiger partial charge in [-0.2, -0.15) is 0 Å². The molecular weight excluding hydrogens is 280 g/mol. The third-order valence-electron chi connectivity index (χ3n) is 4.38. The molecule has 2 amide bonds. The molecule has 1 heterocycles. The second-order valence-electron chi connectivity index (χ2n) is 5.48. The van der Waals surface area contributed by atoms with Crippen LogP contribution in [-0.2, 0) is 11.4 Å². The SMILES string of the molecule is CN1C(=O)N(C)[C@](O)(c2ccccc2)[C@@]1(O)c1ccccc1. The second-order valence-corrected chi connectivity index (χ2v) is 5.48. The van der Waals surface area contributed by atoms with Gasteiger partial charge in [-0.25, -0.2) is 4.79 Å². The zero-order chi connectivity index (χ0) is 16.0. The van der Waals surface area contributed by atoms with E-state index in [4.69, 9.17) is 0 Å². The Bertz CT molecular complexity index is 632. The summed E-state index contributed by atoms with van der Waals surface area (Å²) in [4.78, 5) is 14.7. The van der Waals surface area contributed by atoms with Crippen LogP contribution in [0.3, 0.4) is 0 Å². The van der Waals surface area contributed by atoms with Crippen molar-refractivity contribution >= 4 is 6.03 Å². The number of rotatable bonds is 2. The highest BCUT2D eigenvalue weighted by molar-refractivity contribution is 5.79. The molecule has 0 radical (unpaired) electrons. The third-order valence-corrected chi connectivity index (χ3v) is 4.38. The molecule has 1 aliphatic rings. The fraction of sp³-hybridized carbons (Fsp3) is 0.235. The fourth-order valence-electron chi connectivity index (χ4n) is 3.10. The minimum absolute atomic E-state index is 0.446. The van der Waals surface area contributed by atoms with Crippen LogP contribution in [0.2, 0.25) is 0 Å². The highest BCUT2D eigenvalue weighted by atomic mass is 16.4. The number of nitrogens with zero attached hydrogens (tertiary/aromatic N) is 2. The summed E-state index contributed by atoms with van der Waals surface area (Å²) in [6.45, 7) is 0. The van der Waals surface area contributed by atoms with E-state index in [-0.39, 0.29) is 0 Å². The van der Waals surface area contributed by atoms with Gasteiger partial charge < -0.3 is 10.2 Å². The van der Waals surface area contributed by atoms with Gasteiger partial charge in [0.2, 0.25) is 11.4 Å². The van der Waals surface area contributed by atoms with Gasteiger partial charge in [0.1, 0.15) is 0 Å². The molecule has 114 valence electrons. The quantitative estimate of drug-likeness (QED) is 0.886. The van der Waals surface area contributed by atoms with E-state index < -0.39 is 17.5 Å². The van der Waals surface area contributed by atoms with Gasteiger partial charge in [-0.05, 0) is 0 Å². The molecule has 0 aromatic heterocycles. The van der Waals surface area contributed by atoms with E-state index in [1.54, 1.807) is 48.5 Å². The Morgan fingerprint density at radius 1 is 0.727 bits per heavy atom. The molecule has 0 unspecified atom stereocenters. The van der Waals surface area contributed by atoms with Crippen LogP contribution in [-0.4, -0.2) is 40.1 Å². The van der Waals surface area contributed by atoms with E-state index >= 15 is 0 Å². The number of benzene rings is 2. The smallest absolute Gasteiger partial charge is 0.324 e. The van der Waals surface area contributed by atoms with Crippen molar-refractivity contribution in [3.63, 3.8) is 0 Å². The Morgan fingerprint density at radius 3 is 1.36 bits per heavy atom. The van der Waals surface area contributed by atoms with Crippen molar-refractivity contribution in [3.05, 3.63) is 71.8 Å². The minimum atomic E-state index is -1.89. The van der Waals surface area contributed by atoms with Crippen molar-refractivity contribution < 1.29 is 15.0 Å². The first-order chi connectivity index (χ1) is 10.4. The maximum Gasteiger partial charge on any atom is 0.324 e. The minimum Gasteiger partial charge on any atom is -0.363 e. The Labute approximate surface area is 129 Å². The number of carbonyl (C=O) groups excluding carboxylic acids is 1. The maximum atomic E-state index is 12.4. The third kappa shape index (κ3) is 1.63. The summed E-state index contributed by atoms with van der Waals surface area (Å²) in [5, 5.41) is 22.7. The predicted molar refractivity (Wildman–Crippen MR) is 81.6 cm³/mol. The number of likely N-dealkylation sites (N-methyl/N-ethyl adjacent to an activating group) is 2. The molecule has 3 rings (SSSR count). The van der Waals surface area contributed by atoms with Gasteiger partial charge in [0.25, 0.3) is 0 Å². The van der Waals surface area contributed by atoms with Crippen LogP contribution in [0.15, 0.2) is 60.7 Å². The van der Waals surface area contributed by atoms with Crippen molar-refractivity contribution in [3.8, 4) is 0 Å². The van der Waals surface area contributed by atoms with Crippen LogP contribution in [0, 0.1) is 0 Å². The molecule has 1 fully saturated rings. The molecule has 2 aromatic carbocycles. The molecular formula is C17H18N2O3. The van der Waals surface area contributed by atoms with E-state index in [0.717, 1.165) is 9.80 Å². The van der Waals surface area contributed by atoms with Crippen LogP contribution in [0.5, 0.6) is 0 Å². The van der Waals surface area contributed by atoms with Crippen LogP contribution in [0.4, 0.5) is 4.79 Å². The number of carbonyl (C=O) groups is 1. The van der Waals surface area contributed by atoms with Crippen molar-refractivity contribution in [2.24, 2.45) is 0 Å². The molecule has 1 saturated heterocycles. The van der Waals surface area contributed by atoms with E-state index in [0.29, 0.717) is 11.1 Å². The molecule has 0 bridgehead atoms. The van der Waals surface area contributed by atoms with Gasteiger partial charge in [-0.1, -0.05) is 60.7 Å². The molecule has 5 nitrogen and oxygen atoms in total. The van der Waals surface area contributed by atoms with Crippen molar-refractivity contribution in [2.75, 3.05) is 14.1 Å². The molecule has 2 aromatic rings. The zero-order valence-electron chi connectivity index (χ0n) is 12.5. The summed E-state index contributed by atoms with van der Waals surface area (Å²) in [5.74, 6) is 0. The summed E-state index contributed by atoms with van der Waals surface area (Å²) in [5.41, 5.74) is -2.88. The van der Waals surface area contributed by atoms with Crippen molar-refractivity contribution in [2.45, 2.75) is 11.4 Å². The summed E-state index contributed by atoms with van der Waals surface area (Å²) < 4.78 is 0. The van der Waals surface area contributed by atoms with E-state index in [1.165, 1.54) is 14.1 Å². The molecule has 1 aliphatic heterocycles. The highest BCUT2D eigenvalue weighted by Gasteiger charge is 2.66.